The lowest BCUT2D eigenvalue weighted by atomic mass is 10.0. The van der Waals surface area contributed by atoms with E-state index < -0.39 is 4.92 Å². The molecule has 1 amide bonds. The normalized spacial score (nSPS) is 15.8. The highest BCUT2D eigenvalue weighted by Crippen LogP contribution is 2.20. The molecule has 1 aromatic carbocycles. The van der Waals surface area contributed by atoms with Crippen LogP contribution in [-0.2, 0) is 4.74 Å². The third kappa shape index (κ3) is 3.89. The molecule has 0 unspecified atom stereocenters. The van der Waals surface area contributed by atoms with Crippen molar-refractivity contribution in [2.24, 2.45) is 5.92 Å². The van der Waals surface area contributed by atoms with Crippen LogP contribution in [0.15, 0.2) is 18.2 Å². The number of nitro groups is 1. The van der Waals surface area contributed by atoms with Crippen LogP contribution in [0.4, 0.5) is 5.69 Å². The molecule has 1 aromatic rings. The maximum absolute atomic E-state index is 12.1. The summed E-state index contributed by atoms with van der Waals surface area (Å²) in [5.74, 6) is 0.161. The van der Waals surface area contributed by atoms with E-state index in [-0.39, 0.29) is 11.6 Å². The molecule has 2 rings (SSSR count). The number of nitrogens with one attached hydrogen (secondary N) is 1. The quantitative estimate of drug-likeness (QED) is 0.486. The number of hydrogen-bond acceptors (Lipinski definition) is 4. The highest BCUT2D eigenvalue weighted by Gasteiger charge is 2.18. The zero-order chi connectivity index (χ0) is 14.5. The molecule has 6 nitrogen and oxygen atoms in total. The van der Waals surface area contributed by atoms with Gasteiger partial charge in [0.2, 0.25) is 0 Å². The molecule has 7 heteroatoms. The van der Waals surface area contributed by atoms with Gasteiger partial charge in [0.05, 0.1) is 10.5 Å². The molecular weight excluding hydrogens is 375 g/mol. The molecule has 20 heavy (non-hydrogen) atoms. The molecule has 1 aliphatic heterocycles. The van der Waals surface area contributed by atoms with Crippen molar-refractivity contribution >= 4 is 34.2 Å². The number of carbonyl (C=O) groups is 1. The van der Waals surface area contributed by atoms with Crippen molar-refractivity contribution in [3.05, 3.63) is 37.4 Å². The van der Waals surface area contributed by atoms with Gasteiger partial charge in [-0.2, -0.15) is 0 Å². The second-order valence-electron chi connectivity index (χ2n) is 4.69. The van der Waals surface area contributed by atoms with E-state index in [4.69, 9.17) is 4.74 Å². The first-order chi connectivity index (χ1) is 9.58. The Labute approximate surface area is 130 Å². The number of ether oxygens (including phenoxy) is 1. The van der Waals surface area contributed by atoms with Crippen LogP contribution in [0.5, 0.6) is 0 Å². The highest BCUT2D eigenvalue weighted by atomic mass is 127. The number of hydrogen-bond donors (Lipinski definition) is 1. The summed E-state index contributed by atoms with van der Waals surface area (Å²) in [5, 5.41) is 13.6. The van der Waals surface area contributed by atoms with Crippen molar-refractivity contribution in [3.63, 3.8) is 0 Å². The number of nitro benzene ring substituents is 1. The Morgan fingerprint density at radius 3 is 2.80 bits per heavy atom. The van der Waals surface area contributed by atoms with Crippen molar-refractivity contribution in [3.8, 4) is 0 Å². The summed E-state index contributed by atoms with van der Waals surface area (Å²) >= 11 is 2.01. The molecule has 0 aromatic heterocycles. The standard InChI is InChI=1S/C13H15IN2O4/c14-12-2-1-10(16(18)19)7-11(12)13(17)15-8-9-3-5-20-6-4-9/h1-2,7,9H,3-6,8H2,(H,15,17). The average Bonchev–Trinajstić information content (AvgIpc) is 2.46. The largest absolute Gasteiger partial charge is 0.381 e. The predicted octanol–water partition coefficient (Wildman–Crippen LogP) is 2.36. The van der Waals surface area contributed by atoms with Crippen LogP contribution in [0, 0.1) is 19.6 Å². The fourth-order valence-corrected chi connectivity index (χ4v) is 2.66. The minimum atomic E-state index is -0.495. The van der Waals surface area contributed by atoms with Crippen LogP contribution in [-0.4, -0.2) is 30.6 Å². The van der Waals surface area contributed by atoms with E-state index >= 15 is 0 Å². The molecule has 0 atom stereocenters. The number of benzene rings is 1. The van der Waals surface area contributed by atoms with Gasteiger partial charge in [-0.3, -0.25) is 14.9 Å². The van der Waals surface area contributed by atoms with E-state index in [1.165, 1.54) is 12.1 Å². The van der Waals surface area contributed by atoms with Gasteiger partial charge >= 0.3 is 0 Å². The summed E-state index contributed by atoms with van der Waals surface area (Å²) in [6.07, 6.45) is 1.87. The summed E-state index contributed by atoms with van der Waals surface area (Å²) in [6.45, 7) is 2.05. The van der Waals surface area contributed by atoms with Crippen molar-refractivity contribution in [2.45, 2.75) is 12.8 Å². The molecule has 0 aliphatic carbocycles. The zero-order valence-corrected chi connectivity index (χ0v) is 13.0. The maximum Gasteiger partial charge on any atom is 0.270 e. The number of nitrogens with zero attached hydrogens (tertiary/aromatic N) is 1. The third-order valence-corrected chi connectivity index (χ3v) is 4.24. The van der Waals surface area contributed by atoms with E-state index in [1.807, 2.05) is 22.6 Å². The van der Waals surface area contributed by atoms with Gasteiger partial charge in [0.15, 0.2) is 0 Å². The smallest absolute Gasteiger partial charge is 0.270 e. The lowest BCUT2D eigenvalue weighted by Crippen LogP contribution is -2.32. The van der Waals surface area contributed by atoms with E-state index in [0.717, 1.165) is 26.1 Å². The van der Waals surface area contributed by atoms with Gasteiger partial charge in [-0.15, -0.1) is 0 Å². The Kier molecular flexibility index (Phi) is 5.30. The Hall–Kier alpha value is -1.22. The monoisotopic (exact) mass is 390 g/mol. The fourth-order valence-electron chi connectivity index (χ4n) is 2.08. The van der Waals surface area contributed by atoms with Crippen LogP contribution in [0.2, 0.25) is 0 Å². The first-order valence-electron chi connectivity index (χ1n) is 6.38. The van der Waals surface area contributed by atoms with Crippen molar-refractivity contribution in [2.75, 3.05) is 19.8 Å². The van der Waals surface area contributed by atoms with Crippen LogP contribution < -0.4 is 5.32 Å². The van der Waals surface area contributed by atoms with Gasteiger partial charge in [0.25, 0.3) is 11.6 Å². The van der Waals surface area contributed by atoms with Crippen molar-refractivity contribution in [1.82, 2.24) is 5.32 Å². The molecule has 1 aliphatic rings. The summed E-state index contributed by atoms with van der Waals surface area (Å²) in [6, 6.07) is 4.31. The van der Waals surface area contributed by atoms with Gasteiger partial charge in [0.1, 0.15) is 0 Å². The predicted molar refractivity (Wildman–Crippen MR) is 81.7 cm³/mol. The number of carbonyl (C=O) groups excluding carboxylic acids is 1. The Balaban J connectivity index is 2.00. The van der Waals surface area contributed by atoms with Gasteiger partial charge in [-0.1, -0.05) is 0 Å². The van der Waals surface area contributed by atoms with Gasteiger partial charge < -0.3 is 10.1 Å². The number of rotatable bonds is 4. The summed E-state index contributed by atoms with van der Waals surface area (Å²) in [7, 11) is 0. The molecular formula is C13H15IN2O4. The fraction of sp³-hybridized carbons (Fsp3) is 0.462. The second kappa shape index (κ2) is 6.98. The van der Waals surface area contributed by atoms with E-state index in [9.17, 15) is 14.9 Å². The zero-order valence-electron chi connectivity index (χ0n) is 10.8. The molecule has 1 fully saturated rings. The van der Waals surface area contributed by atoms with Crippen LogP contribution in [0.3, 0.4) is 0 Å². The van der Waals surface area contributed by atoms with E-state index in [0.29, 0.717) is 21.6 Å². The molecule has 1 N–H and O–H groups in total. The Morgan fingerprint density at radius 1 is 1.45 bits per heavy atom. The van der Waals surface area contributed by atoms with E-state index in [2.05, 4.69) is 5.32 Å². The summed E-state index contributed by atoms with van der Waals surface area (Å²) in [4.78, 5) is 22.4. The van der Waals surface area contributed by atoms with Crippen LogP contribution in [0.1, 0.15) is 23.2 Å². The Morgan fingerprint density at radius 2 is 2.15 bits per heavy atom. The topological polar surface area (TPSA) is 81.5 Å². The van der Waals surface area contributed by atoms with Gasteiger partial charge in [0, 0.05) is 35.5 Å². The average molecular weight is 390 g/mol. The number of non-ortho nitro benzene ring substituents is 1. The van der Waals surface area contributed by atoms with Crippen LogP contribution in [0.25, 0.3) is 0 Å². The first kappa shape index (κ1) is 15.2. The minimum Gasteiger partial charge on any atom is -0.381 e. The Bertz CT molecular complexity index is 515. The summed E-state index contributed by atoms with van der Waals surface area (Å²) < 4.78 is 5.97. The maximum atomic E-state index is 12.1. The van der Waals surface area contributed by atoms with E-state index in [1.54, 1.807) is 6.07 Å². The van der Waals surface area contributed by atoms with Crippen molar-refractivity contribution < 1.29 is 14.5 Å². The lowest BCUT2D eigenvalue weighted by Gasteiger charge is -2.22. The molecule has 0 spiro atoms. The minimum absolute atomic E-state index is 0.0679. The molecule has 0 bridgehead atoms. The second-order valence-corrected chi connectivity index (χ2v) is 5.85. The molecule has 108 valence electrons. The van der Waals surface area contributed by atoms with Gasteiger partial charge in [-0.05, 0) is 47.4 Å². The third-order valence-electron chi connectivity index (χ3n) is 3.30. The molecule has 0 saturated carbocycles. The molecule has 0 radical (unpaired) electrons. The SMILES string of the molecule is O=C(NCC1CCOCC1)c1cc([N+](=O)[O-])ccc1I. The van der Waals surface area contributed by atoms with Crippen LogP contribution >= 0.6 is 22.6 Å². The first-order valence-corrected chi connectivity index (χ1v) is 7.45. The molecule has 1 heterocycles. The number of halogens is 1. The van der Waals surface area contributed by atoms with Crippen molar-refractivity contribution in [1.29, 1.82) is 0 Å². The molecule has 1 saturated heterocycles. The number of amides is 1. The summed E-state index contributed by atoms with van der Waals surface area (Å²) in [5.41, 5.74) is 0.286. The lowest BCUT2D eigenvalue weighted by molar-refractivity contribution is -0.384. The van der Waals surface area contributed by atoms with Gasteiger partial charge in [-0.25, -0.2) is 0 Å². The highest BCUT2D eigenvalue weighted by molar-refractivity contribution is 14.1.